The van der Waals surface area contributed by atoms with E-state index in [1.54, 1.807) is 12.1 Å². The summed E-state index contributed by atoms with van der Waals surface area (Å²) in [6.07, 6.45) is 1.60. The highest BCUT2D eigenvalue weighted by Crippen LogP contribution is 2.23. The van der Waals surface area contributed by atoms with E-state index in [2.05, 4.69) is 54.7 Å². The highest BCUT2D eigenvalue weighted by Gasteiger charge is 2.17. The van der Waals surface area contributed by atoms with Crippen LogP contribution in [0.1, 0.15) is 38.3 Å². The highest BCUT2D eigenvalue weighted by molar-refractivity contribution is 7.89. The van der Waals surface area contributed by atoms with Crippen LogP contribution in [0.15, 0.2) is 53.4 Å². The summed E-state index contributed by atoms with van der Waals surface area (Å²) in [5, 5.41) is 0. The molecule has 0 bridgehead atoms. The molecule has 3 rings (SSSR count). The molecule has 2 aromatic carbocycles. The molecule has 0 atom stereocenters. The van der Waals surface area contributed by atoms with Gasteiger partial charge in [-0.25, -0.2) is 13.1 Å². The first kappa shape index (κ1) is 21.8. The number of ether oxygens (including phenoxy) is 1. The van der Waals surface area contributed by atoms with Crippen molar-refractivity contribution in [1.82, 2.24) is 4.72 Å². The minimum atomic E-state index is -3.47. The summed E-state index contributed by atoms with van der Waals surface area (Å²) in [6.45, 7) is 10.2. The number of hydrogen-bond acceptors (Lipinski definition) is 4. The van der Waals surface area contributed by atoms with Crippen molar-refractivity contribution in [3.63, 3.8) is 0 Å². The van der Waals surface area contributed by atoms with Gasteiger partial charge < -0.3 is 9.64 Å². The molecule has 1 saturated heterocycles. The Kier molecular flexibility index (Phi) is 6.98. The summed E-state index contributed by atoms with van der Waals surface area (Å²) in [7, 11) is -3.47. The van der Waals surface area contributed by atoms with E-state index in [-0.39, 0.29) is 5.41 Å². The maximum absolute atomic E-state index is 12.5. The highest BCUT2D eigenvalue weighted by atomic mass is 32.2. The van der Waals surface area contributed by atoms with E-state index in [1.807, 2.05) is 12.1 Å². The largest absolute Gasteiger partial charge is 0.378 e. The van der Waals surface area contributed by atoms with Gasteiger partial charge in [0, 0.05) is 25.3 Å². The third-order valence-corrected chi connectivity index (χ3v) is 6.75. The van der Waals surface area contributed by atoms with Crippen LogP contribution in [0.3, 0.4) is 0 Å². The maximum atomic E-state index is 12.5. The second-order valence-corrected chi connectivity index (χ2v) is 10.3. The first-order chi connectivity index (χ1) is 13.8. The predicted octanol–water partition coefficient (Wildman–Crippen LogP) is 3.73. The monoisotopic (exact) mass is 416 g/mol. The minimum absolute atomic E-state index is 0.00699. The zero-order valence-electron chi connectivity index (χ0n) is 17.6. The van der Waals surface area contributed by atoms with E-state index in [0.29, 0.717) is 11.4 Å². The zero-order chi connectivity index (χ0) is 20.9. The lowest BCUT2D eigenvalue weighted by Gasteiger charge is -2.28. The second kappa shape index (κ2) is 9.28. The number of anilines is 1. The molecule has 0 amide bonds. The van der Waals surface area contributed by atoms with Crippen molar-refractivity contribution in [2.45, 2.75) is 43.9 Å². The summed E-state index contributed by atoms with van der Waals surface area (Å²) < 4.78 is 33.1. The van der Waals surface area contributed by atoms with Gasteiger partial charge in [0.25, 0.3) is 0 Å². The Morgan fingerprint density at radius 2 is 1.59 bits per heavy atom. The quantitative estimate of drug-likeness (QED) is 0.699. The average molecular weight is 417 g/mol. The number of aryl methyl sites for hydroxylation is 1. The molecule has 1 aliphatic rings. The van der Waals surface area contributed by atoms with Crippen molar-refractivity contribution in [1.29, 1.82) is 0 Å². The number of morpholine rings is 1. The average Bonchev–Trinajstić information content (AvgIpc) is 2.72. The predicted molar refractivity (Wildman–Crippen MR) is 118 cm³/mol. The summed E-state index contributed by atoms with van der Waals surface area (Å²) in [4.78, 5) is 2.65. The lowest BCUT2D eigenvalue weighted by Crippen LogP contribution is -2.36. The van der Waals surface area contributed by atoms with Gasteiger partial charge >= 0.3 is 0 Å². The number of benzene rings is 2. The fourth-order valence-corrected chi connectivity index (χ4v) is 4.49. The number of rotatable bonds is 7. The summed E-state index contributed by atoms with van der Waals surface area (Å²) in [5.74, 6) is 0. The van der Waals surface area contributed by atoms with Gasteiger partial charge in [-0.2, -0.15) is 0 Å². The van der Waals surface area contributed by atoms with E-state index in [1.165, 1.54) is 11.3 Å². The Hall–Kier alpha value is -1.89. The van der Waals surface area contributed by atoms with Crippen LogP contribution in [-0.2, 0) is 26.6 Å². The van der Waals surface area contributed by atoms with Gasteiger partial charge in [0.15, 0.2) is 0 Å². The van der Waals surface area contributed by atoms with Crippen molar-refractivity contribution in [2.24, 2.45) is 0 Å². The van der Waals surface area contributed by atoms with Crippen LogP contribution in [0.5, 0.6) is 0 Å². The number of sulfonamides is 1. The molecule has 1 N–H and O–H groups in total. The Bertz CT molecular complexity index is 879. The lowest BCUT2D eigenvalue weighted by molar-refractivity contribution is 0.122. The molecule has 2 aromatic rings. The van der Waals surface area contributed by atoms with Crippen molar-refractivity contribution in [2.75, 3.05) is 37.7 Å². The summed E-state index contributed by atoms with van der Waals surface area (Å²) in [5.41, 5.74) is 3.57. The minimum Gasteiger partial charge on any atom is -0.378 e. The molecule has 0 unspecified atom stereocenters. The first-order valence-electron chi connectivity index (χ1n) is 10.3. The van der Waals surface area contributed by atoms with Crippen LogP contribution in [0, 0.1) is 0 Å². The van der Waals surface area contributed by atoms with Crippen LogP contribution in [0.2, 0.25) is 0 Å². The molecule has 1 aliphatic heterocycles. The Balaban J connectivity index is 1.48. The second-order valence-electron chi connectivity index (χ2n) is 8.54. The van der Waals surface area contributed by atoms with Gasteiger partial charge in [-0.15, -0.1) is 0 Å². The maximum Gasteiger partial charge on any atom is 0.240 e. The van der Waals surface area contributed by atoms with Crippen LogP contribution in [-0.4, -0.2) is 41.3 Å². The third kappa shape index (κ3) is 6.04. The summed E-state index contributed by atoms with van der Waals surface area (Å²) >= 11 is 0. The molecule has 0 aromatic heterocycles. The van der Waals surface area contributed by atoms with Crippen LogP contribution >= 0.6 is 0 Å². The van der Waals surface area contributed by atoms with E-state index >= 15 is 0 Å². The van der Waals surface area contributed by atoms with Gasteiger partial charge in [0.1, 0.15) is 0 Å². The molecule has 0 aliphatic carbocycles. The molecule has 1 heterocycles. The van der Waals surface area contributed by atoms with Gasteiger partial charge in [-0.3, -0.25) is 0 Å². The smallest absolute Gasteiger partial charge is 0.240 e. The van der Waals surface area contributed by atoms with Gasteiger partial charge in [0.2, 0.25) is 10.0 Å². The lowest BCUT2D eigenvalue weighted by atomic mass is 9.87. The standard InChI is InChI=1S/C23H32N2O3S/c1-23(2,3)20-8-12-22(13-9-20)29(26,27)24-14-4-5-19-6-10-21(11-7-19)25-15-17-28-18-16-25/h6-13,24H,4-5,14-18H2,1-3H3. The normalized spacial score (nSPS) is 15.5. The van der Waals surface area contributed by atoms with Gasteiger partial charge in [-0.05, 0) is 53.6 Å². The van der Waals surface area contributed by atoms with Gasteiger partial charge in [-0.1, -0.05) is 45.0 Å². The van der Waals surface area contributed by atoms with E-state index in [4.69, 9.17) is 4.74 Å². The zero-order valence-corrected chi connectivity index (χ0v) is 18.5. The molecule has 6 heteroatoms. The molecule has 29 heavy (non-hydrogen) atoms. The molecule has 0 spiro atoms. The first-order valence-corrected chi connectivity index (χ1v) is 11.8. The Morgan fingerprint density at radius 1 is 0.966 bits per heavy atom. The molecule has 0 saturated carbocycles. The van der Waals surface area contributed by atoms with Crippen LogP contribution in [0.4, 0.5) is 5.69 Å². The molecule has 5 nitrogen and oxygen atoms in total. The number of nitrogens with one attached hydrogen (secondary N) is 1. The number of hydrogen-bond donors (Lipinski definition) is 1. The van der Waals surface area contributed by atoms with E-state index in [0.717, 1.165) is 44.7 Å². The van der Waals surface area contributed by atoms with Crippen molar-refractivity contribution >= 4 is 15.7 Å². The molecular weight excluding hydrogens is 384 g/mol. The number of nitrogens with zero attached hydrogens (tertiary/aromatic N) is 1. The fraction of sp³-hybridized carbons (Fsp3) is 0.478. The van der Waals surface area contributed by atoms with Crippen molar-refractivity contribution < 1.29 is 13.2 Å². The van der Waals surface area contributed by atoms with E-state index < -0.39 is 10.0 Å². The SMILES string of the molecule is CC(C)(C)c1ccc(S(=O)(=O)NCCCc2ccc(N3CCOCC3)cc2)cc1. The van der Waals surface area contributed by atoms with Crippen molar-refractivity contribution in [3.05, 3.63) is 59.7 Å². The molecule has 158 valence electrons. The molecule has 1 fully saturated rings. The van der Waals surface area contributed by atoms with Crippen LogP contribution in [0.25, 0.3) is 0 Å². The van der Waals surface area contributed by atoms with Crippen molar-refractivity contribution in [3.8, 4) is 0 Å². The Labute approximate surface area is 175 Å². The van der Waals surface area contributed by atoms with Gasteiger partial charge in [0.05, 0.1) is 18.1 Å². The molecular formula is C23H32N2O3S. The topological polar surface area (TPSA) is 58.6 Å². The van der Waals surface area contributed by atoms with E-state index in [9.17, 15) is 8.42 Å². The third-order valence-electron chi connectivity index (χ3n) is 5.28. The van der Waals surface area contributed by atoms with Crippen LogP contribution < -0.4 is 9.62 Å². The fourth-order valence-electron chi connectivity index (χ4n) is 3.41. The Morgan fingerprint density at radius 3 is 2.17 bits per heavy atom. The molecule has 0 radical (unpaired) electrons. The summed E-state index contributed by atoms with van der Waals surface area (Å²) in [6, 6.07) is 15.7.